The SMILES string of the molecule is CN(CCO)C(C(N)=O)c1ccc(Br)cc1. The second kappa shape index (κ2) is 5.98. The van der Waals surface area contributed by atoms with E-state index < -0.39 is 11.9 Å². The highest BCUT2D eigenvalue weighted by Gasteiger charge is 2.22. The van der Waals surface area contributed by atoms with Gasteiger partial charge in [-0.2, -0.15) is 0 Å². The number of primary amides is 1. The van der Waals surface area contributed by atoms with Crippen molar-refractivity contribution in [2.45, 2.75) is 6.04 Å². The standard InChI is InChI=1S/C11H15BrN2O2/c1-14(6-7-15)10(11(13)16)8-2-4-9(12)5-3-8/h2-5,10,15H,6-7H2,1H3,(H2,13,16). The molecule has 1 aromatic carbocycles. The van der Waals surface area contributed by atoms with E-state index >= 15 is 0 Å². The quantitative estimate of drug-likeness (QED) is 0.845. The molecule has 1 amide bonds. The van der Waals surface area contributed by atoms with E-state index in [1.54, 1.807) is 11.9 Å². The Balaban J connectivity index is 2.93. The number of aliphatic hydroxyl groups excluding tert-OH is 1. The van der Waals surface area contributed by atoms with Gasteiger partial charge < -0.3 is 10.8 Å². The molecular weight excluding hydrogens is 272 g/mol. The third-order valence-corrected chi connectivity index (χ3v) is 2.88. The molecule has 0 radical (unpaired) electrons. The van der Waals surface area contributed by atoms with Gasteiger partial charge in [-0.25, -0.2) is 0 Å². The Morgan fingerprint density at radius 1 is 1.50 bits per heavy atom. The lowest BCUT2D eigenvalue weighted by Crippen LogP contribution is -2.36. The monoisotopic (exact) mass is 286 g/mol. The summed E-state index contributed by atoms with van der Waals surface area (Å²) >= 11 is 3.33. The minimum Gasteiger partial charge on any atom is -0.395 e. The van der Waals surface area contributed by atoms with Gasteiger partial charge in [0.25, 0.3) is 0 Å². The maximum Gasteiger partial charge on any atom is 0.239 e. The number of hydrogen-bond donors (Lipinski definition) is 2. The smallest absolute Gasteiger partial charge is 0.239 e. The van der Waals surface area contributed by atoms with E-state index in [-0.39, 0.29) is 6.61 Å². The highest BCUT2D eigenvalue weighted by Crippen LogP contribution is 2.21. The first-order chi connectivity index (χ1) is 7.56. The van der Waals surface area contributed by atoms with Gasteiger partial charge in [-0.3, -0.25) is 9.69 Å². The Morgan fingerprint density at radius 2 is 2.06 bits per heavy atom. The van der Waals surface area contributed by atoms with Crippen molar-refractivity contribution in [1.29, 1.82) is 0 Å². The van der Waals surface area contributed by atoms with Gasteiger partial charge in [0.1, 0.15) is 6.04 Å². The van der Waals surface area contributed by atoms with Gasteiger partial charge in [0.15, 0.2) is 0 Å². The maximum atomic E-state index is 11.4. The summed E-state index contributed by atoms with van der Waals surface area (Å²) in [4.78, 5) is 13.1. The summed E-state index contributed by atoms with van der Waals surface area (Å²) < 4.78 is 0.948. The van der Waals surface area contributed by atoms with Crippen LogP contribution in [0.1, 0.15) is 11.6 Å². The van der Waals surface area contributed by atoms with E-state index in [1.807, 2.05) is 24.3 Å². The Kier molecular flexibility index (Phi) is 4.92. The van der Waals surface area contributed by atoms with E-state index in [9.17, 15) is 4.79 Å². The number of benzene rings is 1. The molecule has 3 N–H and O–H groups in total. The van der Waals surface area contributed by atoms with E-state index in [2.05, 4.69) is 15.9 Å². The number of nitrogens with two attached hydrogens (primary N) is 1. The molecule has 0 aliphatic carbocycles. The molecule has 1 unspecified atom stereocenters. The molecule has 0 aromatic heterocycles. The van der Waals surface area contributed by atoms with Gasteiger partial charge in [0, 0.05) is 11.0 Å². The van der Waals surface area contributed by atoms with Gasteiger partial charge in [0.05, 0.1) is 6.61 Å². The van der Waals surface area contributed by atoms with Crippen LogP contribution in [0.3, 0.4) is 0 Å². The van der Waals surface area contributed by atoms with Crippen molar-refractivity contribution in [3.8, 4) is 0 Å². The second-order valence-corrected chi connectivity index (χ2v) is 4.48. The average Bonchev–Trinajstić information content (AvgIpc) is 2.21. The van der Waals surface area contributed by atoms with Crippen molar-refractivity contribution in [3.63, 3.8) is 0 Å². The lowest BCUT2D eigenvalue weighted by Gasteiger charge is -2.24. The molecule has 0 bridgehead atoms. The molecule has 0 heterocycles. The van der Waals surface area contributed by atoms with Crippen molar-refractivity contribution in [2.24, 2.45) is 5.73 Å². The lowest BCUT2D eigenvalue weighted by molar-refractivity contribution is -0.123. The molecular formula is C11H15BrN2O2. The van der Waals surface area contributed by atoms with Gasteiger partial charge in [-0.15, -0.1) is 0 Å². The average molecular weight is 287 g/mol. The zero-order valence-corrected chi connectivity index (χ0v) is 10.6. The van der Waals surface area contributed by atoms with Gasteiger partial charge >= 0.3 is 0 Å². The Hall–Kier alpha value is -0.910. The Labute approximate surface area is 103 Å². The summed E-state index contributed by atoms with van der Waals surface area (Å²) in [6.45, 7) is 0.403. The van der Waals surface area contributed by atoms with Crippen LogP contribution in [0.5, 0.6) is 0 Å². The lowest BCUT2D eigenvalue weighted by atomic mass is 10.1. The zero-order chi connectivity index (χ0) is 12.1. The number of likely N-dealkylation sites (N-methyl/N-ethyl adjacent to an activating group) is 1. The molecule has 5 heteroatoms. The van der Waals surface area contributed by atoms with Crippen LogP contribution in [0.15, 0.2) is 28.7 Å². The predicted molar refractivity (Wildman–Crippen MR) is 65.8 cm³/mol. The molecule has 0 fully saturated rings. The van der Waals surface area contributed by atoms with Gasteiger partial charge in [0.2, 0.25) is 5.91 Å². The molecule has 0 aliphatic rings. The number of halogens is 1. The number of carbonyl (C=O) groups is 1. The number of carbonyl (C=O) groups excluding carboxylic acids is 1. The second-order valence-electron chi connectivity index (χ2n) is 3.56. The number of rotatable bonds is 5. The minimum absolute atomic E-state index is 0.00317. The van der Waals surface area contributed by atoms with E-state index in [0.717, 1.165) is 10.0 Å². The van der Waals surface area contributed by atoms with Gasteiger partial charge in [-0.1, -0.05) is 28.1 Å². The van der Waals surface area contributed by atoms with Crippen molar-refractivity contribution in [3.05, 3.63) is 34.3 Å². The molecule has 0 aliphatic heterocycles. The largest absolute Gasteiger partial charge is 0.395 e. The van der Waals surface area contributed by atoms with Crippen molar-refractivity contribution in [1.82, 2.24) is 4.90 Å². The van der Waals surface area contributed by atoms with Crippen LogP contribution in [0, 0.1) is 0 Å². The summed E-state index contributed by atoms with van der Waals surface area (Å²) in [6, 6.07) is 6.90. The molecule has 1 atom stereocenters. The predicted octanol–water partition coefficient (Wildman–Crippen LogP) is 0.900. The van der Waals surface area contributed by atoms with Crippen LogP contribution in [-0.4, -0.2) is 36.1 Å². The summed E-state index contributed by atoms with van der Waals surface area (Å²) in [5.74, 6) is -0.418. The third kappa shape index (κ3) is 3.30. The van der Waals surface area contributed by atoms with E-state index in [4.69, 9.17) is 10.8 Å². The molecule has 1 rings (SSSR count). The maximum absolute atomic E-state index is 11.4. The Bertz CT molecular complexity index is 354. The normalized spacial score (nSPS) is 12.8. The fourth-order valence-electron chi connectivity index (χ4n) is 1.57. The molecule has 0 spiro atoms. The van der Waals surface area contributed by atoms with Crippen LogP contribution in [-0.2, 0) is 4.79 Å². The molecule has 4 nitrogen and oxygen atoms in total. The van der Waals surface area contributed by atoms with Crippen LogP contribution in [0.25, 0.3) is 0 Å². The number of amides is 1. The molecule has 0 saturated carbocycles. The van der Waals surface area contributed by atoms with Gasteiger partial charge in [-0.05, 0) is 24.7 Å². The topological polar surface area (TPSA) is 66.6 Å². The third-order valence-electron chi connectivity index (χ3n) is 2.35. The molecule has 88 valence electrons. The van der Waals surface area contributed by atoms with Crippen LogP contribution in [0.4, 0.5) is 0 Å². The van der Waals surface area contributed by atoms with E-state index in [0.29, 0.717) is 6.54 Å². The number of nitrogens with zero attached hydrogens (tertiary/aromatic N) is 1. The van der Waals surface area contributed by atoms with Crippen LogP contribution >= 0.6 is 15.9 Å². The molecule has 16 heavy (non-hydrogen) atoms. The van der Waals surface area contributed by atoms with E-state index in [1.165, 1.54) is 0 Å². The Morgan fingerprint density at radius 3 is 2.50 bits per heavy atom. The molecule has 1 aromatic rings. The first-order valence-corrected chi connectivity index (χ1v) is 5.71. The van der Waals surface area contributed by atoms with Crippen LogP contribution < -0.4 is 5.73 Å². The van der Waals surface area contributed by atoms with Crippen molar-refractivity contribution in [2.75, 3.05) is 20.2 Å². The number of hydrogen-bond acceptors (Lipinski definition) is 3. The highest BCUT2D eigenvalue weighted by atomic mass is 79.9. The summed E-state index contributed by atoms with van der Waals surface area (Å²) in [6.07, 6.45) is 0. The van der Waals surface area contributed by atoms with Crippen LogP contribution in [0.2, 0.25) is 0 Å². The molecule has 0 saturated heterocycles. The first kappa shape index (κ1) is 13.2. The van der Waals surface area contributed by atoms with Crippen molar-refractivity contribution < 1.29 is 9.90 Å². The van der Waals surface area contributed by atoms with Crippen molar-refractivity contribution >= 4 is 21.8 Å². The number of aliphatic hydroxyl groups is 1. The minimum atomic E-state index is -0.500. The highest BCUT2D eigenvalue weighted by molar-refractivity contribution is 9.10. The summed E-state index contributed by atoms with van der Waals surface area (Å²) in [5, 5.41) is 8.86. The summed E-state index contributed by atoms with van der Waals surface area (Å²) in [5.41, 5.74) is 6.19. The fourth-order valence-corrected chi connectivity index (χ4v) is 1.83. The zero-order valence-electron chi connectivity index (χ0n) is 9.06. The summed E-state index contributed by atoms with van der Waals surface area (Å²) in [7, 11) is 1.76. The first-order valence-electron chi connectivity index (χ1n) is 4.92. The fraction of sp³-hybridized carbons (Fsp3) is 0.364.